The molecule has 0 bridgehead atoms. The summed E-state index contributed by atoms with van der Waals surface area (Å²) in [5.74, 6) is -1.62. The molecule has 3 N–H and O–H groups in total. The zero-order valence-electron chi connectivity index (χ0n) is 16.5. The largest absolute Gasteiger partial charge is 0.508 e. The third kappa shape index (κ3) is 3.96. The van der Waals surface area contributed by atoms with Crippen LogP contribution in [-0.4, -0.2) is 66.2 Å². The Morgan fingerprint density at radius 2 is 1.97 bits per heavy atom. The van der Waals surface area contributed by atoms with Crippen LogP contribution in [-0.2, 0) is 9.53 Å². The lowest BCUT2D eigenvalue weighted by Crippen LogP contribution is -3.14. The number of nitrogens with zero attached hydrogens (tertiary/aromatic N) is 1. The number of aliphatic hydroxyl groups is 1. The van der Waals surface area contributed by atoms with E-state index in [1.54, 1.807) is 18.2 Å². The second-order valence-corrected chi connectivity index (χ2v) is 7.53. The highest BCUT2D eigenvalue weighted by molar-refractivity contribution is 6.15. The van der Waals surface area contributed by atoms with Gasteiger partial charge in [-0.15, -0.1) is 0 Å². The van der Waals surface area contributed by atoms with Crippen LogP contribution in [0.3, 0.4) is 0 Å². The number of aliphatic hydroxyl groups excluding tert-OH is 1. The maximum Gasteiger partial charge on any atom is 0.290 e. The predicted molar refractivity (Wildman–Crippen MR) is 106 cm³/mol. The van der Waals surface area contributed by atoms with Crippen LogP contribution >= 0.6 is 0 Å². The molecule has 30 heavy (non-hydrogen) atoms. The fourth-order valence-corrected chi connectivity index (χ4v) is 4.11. The molecular formula is C22H25N2O6+. The van der Waals surface area contributed by atoms with Crippen molar-refractivity contribution in [1.29, 1.82) is 0 Å². The van der Waals surface area contributed by atoms with E-state index >= 15 is 0 Å². The highest BCUT2D eigenvalue weighted by Crippen LogP contribution is 2.39. The first-order chi connectivity index (χ1) is 14.6. The normalized spacial score (nSPS) is 20.2. The molecular weight excluding hydrogens is 388 g/mol. The number of hydrogen-bond acceptors (Lipinski definition) is 6. The number of rotatable bonds is 7. The van der Waals surface area contributed by atoms with E-state index in [0.29, 0.717) is 18.5 Å². The molecule has 0 spiro atoms. The zero-order chi connectivity index (χ0) is 21.1. The van der Waals surface area contributed by atoms with Crippen molar-refractivity contribution in [3.05, 3.63) is 65.3 Å². The van der Waals surface area contributed by atoms with Crippen LogP contribution in [0.15, 0.2) is 58.4 Å². The Balaban J connectivity index is 1.60. The highest BCUT2D eigenvalue weighted by Gasteiger charge is 2.44. The summed E-state index contributed by atoms with van der Waals surface area (Å²) in [7, 11) is 0. The Hall–Kier alpha value is -3.10. The maximum atomic E-state index is 13.0. The Morgan fingerprint density at radius 3 is 2.67 bits per heavy atom. The van der Waals surface area contributed by atoms with Gasteiger partial charge in [0.1, 0.15) is 18.8 Å². The Kier molecular flexibility index (Phi) is 5.87. The van der Waals surface area contributed by atoms with Crippen LogP contribution in [0.4, 0.5) is 0 Å². The lowest BCUT2D eigenvalue weighted by Gasteiger charge is -2.28. The van der Waals surface area contributed by atoms with E-state index in [1.807, 2.05) is 0 Å². The van der Waals surface area contributed by atoms with Gasteiger partial charge in [0, 0.05) is 13.0 Å². The number of phenolic OH excluding ortho intramolecular Hbond substituents is 1. The number of furan rings is 1. The molecule has 1 aromatic heterocycles. The second kappa shape index (κ2) is 8.73. The number of Topliss-reactive ketones (excluding diaryl/α,β-unsaturated/α-hetero) is 1. The molecule has 1 saturated heterocycles. The summed E-state index contributed by atoms with van der Waals surface area (Å²) >= 11 is 0. The Bertz CT molecular complexity index is 946. The van der Waals surface area contributed by atoms with Gasteiger partial charge in [0.05, 0.1) is 37.6 Å². The number of phenols is 1. The van der Waals surface area contributed by atoms with Crippen molar-refractivity contribution >= 4 is 11.7 Å². The molecule has 1 fully saturated rings. The lowest BCUT2D eigenvalue weighted by atomic mass is 9.95. The van der Waals surface area contributed by atoms with E-state index in [2.05, 4.69) is 0 Å². The van der Waals surface area contributed by atoms with Crippen molar-refractivity contribution in [2.45, 2.75) is 12.5 Å². The fourth-order valence-electron chi connectivity index (χ4n) is 4.11. The van der Waals surface area contributed by atoms with Crippen LogP contribution in [0.1, 0.15) is 28.6 Å². The van der Waals surface area contributed by atoms with Gasteiger partial charge in [-0.25, -0.2) is 0 Å². The number of quaternary nitrogens is 1. The lowest BCUT2D eigenvalue weighted by molar-refractivity contribution is -0.908. The Labute approximate surface area is 174 Å². The van der Waals surface area contributed by atoms with Gasteiger partial charge in [0.15, 0.2) is 11.5 Å². The first-order valence-corrected chi connectivity index (χ1v) is 10.1. The highest BCUT2D eigenvalue weighted by atomic mass is 16.5. The average molecular weight is 413 g/mol. The van der Waals surface area contributed by atoms with Gasteiger partial charge in [-0.1, -0.05) is 12.1 Å². The maximum absolute atomic E-state index is 13.0. The van der Waals surface area contributed by atoms with E-state index in [9.17, 15) is 19.8 Å². The van der Waals surface area contributed by atoms with E-state index in [0.717, 1.165) is 32.8 Å². The molecule has 4 rings (SSSR count). The smallest absolute Gasteiger partial charge is 0.290 e. The summed E-state index contributed by atoms with van der Waals surface area (Å²) in [6, 6.07) is 8.68. The van der Waals surface area contributed by atoms with Gasteiger partial charge in [0.25, 0.3) is 5.91 Å². The fraction of sp³-hybridized carbons (Fsp3) is 0.364. The van der Waals surface area contributed by atoms with E-state index in [4.69, 9.17) is 9.15 Å². The third-order valence-electron chi connectivity index (χ3n) is 5.61. The van der Waals surface area contributed by atoms with Crippen molar-refractivity contribution in [3.8, 4) is 5.75 Å². The van der Waals surface area contributed by atoms with Crippen molar-refractivity contribution in [2.24, 2.45) is 0 Å². The number of benzene rings is 1. The molecule has 8 nitrogen and oxygen atoms in total. The number of ether oxygens (including phenoxy) is 1. The van der Waals surface area contributed by atoms with Gasteiger partial charge in [0.2, 0.25) is 5.78 Å². The van der Waals surface area contributed by atoms with E-state index < -0.39 is 23.5 Å². The summed E-state index contributed by atoms with van der Waals surface area (Å²) in [4.78, 5) is 28.8. The van der Waals surface area contributed by atoms with Gasteiger partial charge in [-0.05, 0) is 29.8 Å². The van der Waals surface area contributed by atoms with Crippen molar-refractivity contribution in [1.82, 2.24) is 4.90 Å². The van der Waals surface area contributed by atoms with Gasteiger partial charge < -0.3 is 29.2 Å². The summed E-state index contributed by atoms with van der Waals surface area (Å²) < 4.78 is 10.6. The van der Waals surface area contributed by atoms with Crippen LogP contribution < -0.4 is 4.90 Å². The summed E-state index contributed by atoms with van der Waals surface area (Å²) in [6.45, 7) is 4.55. The molecule has 2 aromatic rings. The SMILES string of the molecule is O=C(C1=C(O)C(=O)N(CCC[NH+]2CCOCC2)[C@H]1c1cccc(O)c1)c1ccco1. The average Bonchev–Trinajstić information content (AvgIpc) is 3.37. The monoisotopic (exact) mass is 413 g/mol. The number of amides is 1. The summed E-state index contributed by atoms with van der Waals surface area (Å²) in [5, 5.41) is 20.5. The molecule has 158 valence electrons. The van der Waals surface area contributed by atoms with Crippen LogP contribution in [0.25, 0.3) is 0 Å². The topological polar surface area (TPSA) is 105 Å². The molecule has 2 aliphatic rings. The quantitative estimate of drug-likeness (QED) is 0.582. The van der Waals surface area contributed by atoms with Crippen LogP contribution in [0.2, 0.25) is 0 Å². The molecule has 1 amide bonds. The van der Waals surface area contributed by atoms with E-state index in [-0.39, 0.29) is 17.1 Å². The van der Waals surface area contributed by atoms with Crippen molar-refractivity contribution in [2.75, 3.05) is 39.4 Å². The summed E-state index contributed by atoms with van der Waals surface area (Å²) in [5.41, 5.74) is 0.528. The van der Waals surface area contributed by atoms with Gasteiger partial charge in [-0.2, -0.15) is 0 Å². The molecule has 1 aromatic carbocycles. The first-order valence-electron chi connectivity index (χ1n) is 10.1. The first kappa shape index (κ1) is 20.2. The molecule has 0 saturated carbocycles. The molecule has 3 heterocycles. The third-order valence-corrected chi connectivity index (χ3v) is 5.61. The predicted octanol–water partition coefficient (Wildman–Crippen LogP) is 0.869. The standard InChI is InChI=1S/C22H24N2O6/c25-16-5-1-4-15(14-16)19-18(20(26)17-6-2-11-30-17)21(27)22(28)24(19)8-3-7-23-9-12-29-13-10-23/h1-2,4-6,11,14,19,25,27H,3,7-10,12-13H2/p+1/t19-/m0/s1. The Morgan fingerprint density at radius 1 is 1.17 bits per heavy atom. The number of aromatic hydroxyl groups is 1. The minimum Gasteiger partial charge on any atom is -0.508 e. The zero-order valence-corrected chi connectivity index (χ0v) is 16.5. The molecule has 8 heteroatoms. The van der Waals surface area contributed by atoms with E-state index in [1.165, 1.54) is 34.3 Å². The van der Waals surface area contributed by atoms with Crippen LogP contribution in [0.5, 0.6) is 5.75 Å². The number of hydrogen-bond donors (Lipinski definition) is 3. The van der Waals surface area contributed by atoms with Crippen molar-refractivity contribution < 1.29 is 33.9 Å². The number of carbonyl (C=O) groups excluding carboxylic acids is 2. The minimum atomic E-state index is -0.790. The number of morpholine rings is 1. The van der Waals surface area contributed by atoms with Crippen LogP contribution in [0, 0.1) is 0 Å². The van der Waals surface area contributed by atoms with Gasteiger partial charge in [-0.3, -0.25) is 9.59 Å². The molecule has 1 atom stereocenters. The molecule has 0 unspecified atom stereocenters. The second-order valence-electron chi connectivity index (χ2n) is 7.53. The number of nitrogens with one attached hydrogen (secondary N) is 1. The molecule has 0 radical (unpaired) electrons. The number of ketones is 1. The number of carbonyl (C=O) groups is 2. The summed E-state index contributed by atoms with van der Waals surface area (Å²) in [6.07, 6.45) is 2.08. The molecule has 0 aliphatic carbocycles. The van der Waals surface area contributed by atoms with Gasteiger partial charge >= 0.3 is 0 Å². The molecule has 2 aliphatic heterocycles. The minimum absolute atomic E-state index is 0.0221. The van der Waals surface area contributed by atoms with Crippen molar-refractivity contribution in [3.63, 3.8) is 0 Å².